The number of nitrogens with zero attached hydrogens (tertiary/aromatic N) is 1. The number of nitrogens with two attached hydrogens (primary N) is 1. The minimum absolute atomic E-state index is 0. The summed E-state index contributed by atoms with van der Waals surface area (Å²) in [4.78, 5) is 14.7. The van der Waals surface area contributed by atoms with Crippen molar-refractivity contribution in [3.63, 3.8) is 0 Å². The predicted molar refractivity (Wildman–Crippen MR) is 92.1 cm³/mol. The van der Waals surface area contributed by atoms with E-state index in [0.717, 1.165) is 18.7 Å². The van der Waals surface area contributed by atoms with Crippen molar-refractivity contribution in [3.05, 3.63) is 35.4 Å². The molecular formula is C18H27ClN2O. The van der Waals surface area contributed by atoms with Gasteiger partial charge in [0.05, 0.1) is 0 Å². The number of likely N-dealkylation sites (tertiary alicyclic amines) is 1. The molecule has 2 N–H and O–H groups in total. The van der Waals surface area contributed by atoms with Crippen LogP contribution in [0.2, 0.25) is 0 Å². The van der Waals surface area contributed by atoms with Gasteiger partial charge >= 0.3 is 0 Å². The molecule has 1 spiro atoms. The lowest BCUT2D eigenvalue weighted by molar-refractivity contribution is -0.132. The second-order valence-corrected chi connectivity index (χ2v) is 6.96. The summed E-state index contributed by atoms with van der Waals surface area (Å²) in [6.07, 6.45) is 7.75. The molecule has 122 valence electrons. The average molecular weight is 323 g/mol. The zero-order chi connectivity index (χ0) is 14.9. The smallest absolute Gasteiger partial charge is 0.244 e. The zero-order valence-electron chi connectivity index (χ0n) is 13.4. The number of carbonyl (C=O) groups excluding carboxylic acids is 1. The Morgan fingerprint density at radius 3 is 2.41 bits per heavy atom. The Kier molecular flexibility index (Phi) is 5.51. The Morgan fingerprint density at radius 2 is 1.77 bits per heavy atom. The van der Waals surface area contributed by atoms with E-state index in [-0.39, 0.29) is 18.3 Å². The standard InChI is InChI=1S/C18H26N2O.ClH/c1-14-5-7-15(8-6-14)16(19)17(21)20-12-11-18(13-20)9-3-2-4-10-18;/h5-8,16H,2-4,9-13,19H2,1H3;1H. The van der Waals surface area contributed by atoms with Gasteiger partial charge in [-0.1, -0.05) is 49.1 Å². The van der Waals surface area contributed by atoms with Gasteiger partial charge in [0.1, 0.15) is 6.04 Å². The van der Waals surface area contributed by atoms with Gasteiger partial charge in [0.25, 0.3) is 0 Å². The molecule has 1 unspecified atom stereocenters. The Bertz CT molecular complexity index is 508. The van der Waals surface area contributed by atoms with Crippen LogP contribution in [0.5, 0.6) is 0 Å². The molecule has 3 rings (SSSR count). The highest BCUT2D eigenvalue weighted by molar-refractivity contribution is 5.85. The fourth-order valence-corrected chi connectivity index (χ4v) is 3.95. The molecule has 2 fully saturated rings. The highest BCUT2D eigenvalue weighted by Gasteiger charge is 2.41. The SMILES string of the molecule is Cc1ccc(C(N)C(=O)N2CCC3(CCCCC3)C2)cc1.Cl. The summed E-state index contributed by atoms with van der Waals surface area (Å²) in [5, 5.41) is 0. The first-order valence-electron chi connectivity index (χ1n) is 8.21. The highest BCUT2D eigenvalue weighted by Crippen LogP contribution is 2.44. The lowest BCUT2D eigenvalue weighted by atomic mass is 9.73. The van der Waals surface area contributed by atoms with Gasteiger partial charge in [-0.25, -0.2) is 0 Å². The van der Waals surface area contributed by atoms with E-state index < -0.39 is 6.04 Å². The van der Waals surface area contributed by atoms with Crippen LogP contribution < -0.4 is 5.73 Å². The molecule has 1 aliphatic carbocycles. The maximum Gasteiger partial charge on any atom is 0.244 e. The topological polar surface area (TPSA) is 46.3 Å². The first-order chi connectivity index (χ1) is 10.1. The van der Waals surface area contributed by atoms with E-state index in [1.807, 2.05) is 36.1 Å². The lowest BCUT2D eigenvalue weighted by Gasteiger charge is -2.33. The second kappa shape index (κ2) is 7.01. The number of carbonyl (C=O) groups is 1. The van der Waals surface area contributed by atoms with Crippen LogP contribution in [0.15, 0.2) is 24.3 Å². The van der Waals surface area contributed by atoms with E-state index in [4.69, 9.17) is 5.73 Å². The Balaban J connectivity index is 0.00000176. The van der Waals surface area contributed by atoms with Crippen LogP contribution in [0.25, 0.3) is 0 Å². The Morgan fingerprint density at radius 1 is 1.14 bits per heavy atom. The minimum Gasteiger partial charge on any atom is -0.340 e. The van der Waals surface area contributed by atoms with Crippen molar-refractivity contribution in [1.29, 1.82) is 0 Å². The van der Waals surface area contributed by atoms with Crippen LogP contribution in [0.1, 0.15) is 55.7 Å². The third-order valence-corrected chi connectivity index (χ3v) is 5.37. The molecular weight excluding hydrogens is 296 g/mol. The molecule has 3 nitrogen and oxygen atoms in total. The number of benzene rings is 1. The summed E-state index contributed by atoms with van der Waals surface area (Å²) in [6, 6.07) is 7.49. The van der Waals surface area contributed by atoms with Crippen molar-refractivity contribution in [2.75, 3.05) is 13.1 Å². The molecule has 1 aromatic carbocycles. The van der Waals surface area contributed by atoms with Gasteiger partial charge in [0.2, 0.25) is 5.91 Å². The predicted octanol–water partition coefficient (Wildman–Crippen LogP) is 3.60. The van der Waals surface area contributed by atoms with Crippen LogP contribution >= 0.6 is 12.4 Å². The fraction of sp³-hybridized carbons (Fsp3) is 0.611. The summed E-state index contributed by atoms with van der Waals surface area (Å²) < 4.78 is 0. The van der Waals surface area contributed by atoms with E-state index in [1.54, 1.807) is 0 Å². The van der Waals surface area contributed by atoms with E-state index in [0.29, 0.717) is 5.41 Å². The highest BCUT2D eigenvalue weighted by atomic mass is 35.5. The third kappa shape index (κ3) is 3.47. The van der Waals surface area contributed by atoms with Crippen LogP contribution in [0.4, 0.5) is 0 Å². The first-order valence-corrected chi connectivity index (χ1v) is 8.21. The van der Waals surface area contributed by atoms with Gasteiger partial charge in [-0.3, -0.25) is 4.79 Å². The quantitative estimate of drug-likeness (QED) is 0.904. The van der Waals surface area contributed by atoms with Gasteiger partial charge in [0, 0.05) is 13.1 Å². The van der Waals surface area contributed by atoms with Crippen molar-refractivity contribution in [2.24, 2.45) is 11.1 Å². The molecule has 4 heteroatoms. The van der Waals surface area contributed by atoms with E-state index in [2.05, 4.69) is 0 Å². The third-order valence-electron chi connectivity index (χ3n) is 5.37. The van der Waals surface area contributed by atoms with Crippen LogP contribution in [0, 0.1) is 12.3 Å². The number of rotatable bonds is 2. The van der Waals surface area contributed by atoms with E-state index >= 15 is 0 Å². The Hall–Kier alpha value is -1.06. The maximum atomic E-state index is 12.7. The number of halogens is 1. The van der Waals surface area contributed by atoms with E-state index in [1.165, 1.54) is 44.1 Å². The molecule has 22 heavy (non-hydrogen) atoms. The summed E-state index contributed by atoms with van der Waals surface area (Å²) in [5.74, 6) is 0.0984. The number of hydrogen-bond acceptors (Lipinski definition) is 2. The lowest BCUT2D eigenvalue weighted by Crippen LogP contribution is -2.39. The minimum atomic E-state index is -0.510. The molecule has 1 amide bonds. The molecule has 1 heterocycles. The molecule has 0 aromatic heterocycles. The summed E-state index contributed by atoms with van der Waals surface area (Å²) in [6.45, 7) is 3.86. The van der Waals surface area contributed by atoms with Crippen LogP contribution in [0.3, 0.4) is 0 Å². The van der Waals surface area contributed by atoms with Crippen molar-refractivity contribution in [3.8, 4) is 0 Å². The summed E-state index contributed by atoms with van der Waals surface area (Å²) in [5.41, 5.74) is 8.72. The number of hydrogen-bond donors (Lipinski definition) is 1. The molecule has 2 aliphatic rings. The summed E-state index contributed by atoms with van der Waals surface area (Å²) in [7, 11) is 0. The molecule has 1 aliphatic heterocycles. The van der Waals surface area contributed by atoms with Gasteiger partial charge in [0.15, 0.2) is 0 Å². The molecule has 1 saturated heterocycles. The zero-order valence-corrected chi connectivity index (χ0v) is 14.2. The molecule has 1 saturated carbocycles. The molecule has 1 aromatic rings. The van der Waals surface area contributed by atoms with Gasteiger partial charge < -0.3 is 10.6 Å². The Labute approximate surface area is 139 Å². The number of amides is 1. The largest absolute Gasteiger partial charge is 0.340 e. The van der Waals surface area contributed by atoms with Crippen molar-refractivity contribution in [2.45, 2.75) is 51.5 Å². The van der Waals surface area contributed by atoms with Crippen LogP contribution in [-0.4, -0.2) is 23.9 Å². The molecule has 0 radical (unpaired) electrons. The monoisotopic (exact) mass is 322 g/mol. The van der Waals surface area contributed by atoms with Gasteiger partial charge in [-0.15, -0.1) is 12.4 Å². The number of aryl methyl sites for hydroxylation is 1. The molecule has 0 bridgehead atoms. The average Bonchev–Trinajstić information content (AvgIpc) is 2.91. The van der Waals surface area contributed by atoms with Crippen molar-refractivity contribution >= 4 is 18.3 Å². The first kappa shape index (κ1) is 17.3. The van der Waals surface area contributed by atoms with Gasteiger partial charge in [-0.05, 0) is 37.2 Å². The van der Waals surface area contributed by atoms with Crippen molar-refractivity contribution in [1.82, 2.24) is 4.90 Å². The molecule has 1 atom stereocenters. The van der Waals surface area contributed by atoms with E-state index in [9.17, 15) is 4.79 Å². The maximum absolute atomic E-state index is 12.7. The van der Waals surface area contributed by atoms with Crippen LogP contribution in [-0.2, 0) is 4.79 Å². The fourth-order valence-electron chi connectivity index (χ4n) is 3.95. The second-order valence-electron chi connectivity index (χ2n) is 6.96. The summed E-state index contributed by atoms with van der Waals surface area (Å²) >= 11 is 0. The van der Waals surface area contributed by atoms with Gasteiger partial charge in [-0.2, -0.15) is 0 Å². The van der Waals surface area contributed by atoms with Crippen molar-refractivity contribution < 1.29 is 4.79 Å². The normalized spacial score (nSPS) is 21.5.